The first-order chi connectivity index (χ1) is 14.8. The molecule has 0 rings (SSSR count). The maximum absolute atomic E-state index is 8.32. The fourth-order valence-corrected chi connectivity index (χ4v) is 1.77. The molecule has 3 nitrogen and oxygen atoms in total. The SMILES string of the molecule is CC(C)C.CC(C)CCCO.CCC(C)C.CCCC(C)C.CCOOCCCC(C)C. The van der Waals surface area contributed by atoms with Gasteiger partial charge in [-0.2, -0.15) is 0 Å². The first-order valence-electron chi connectivity index (χ1n) is 13.7. The number of hydrogen-bond acceptors (Lipinski definition) is 3. The van der Waals surface area contributed by atoms with E-state index in [0.29, 0.717) is 13.2 Å². The van der Waals surface area contributed by atoms with Gasteiger partial charge < -0.3 is 5.11 Å². The molecule has 0 heterocycles. The number of hydrogen-bond donors (Lipinski definition) is 1. The molecule has 0 unspecified atom stereocenters. The standard InChI is InChI=1S/C8H18O2.C6H14O.C6H14.C5H12.C4H10/c1-4-9-10-7-5-6-8(2)3;1-6(2)4-3-5-7;1-4-5-6(2)3;1-4-5(2)3;1-4(2)3/h8H,4-7H2,1-3H3;6-7H,3-5H2,1-2H3;6H,4-5H2,1-3H3;5H,4H2,1-3H3;4H,1-3H3. The van der Waals surface area contributed by atoms with Crippen LogP contribution < -0.4 is 0 Å². The second-order valence-electron chi connectivity index (χ2n) is 10.7. The van der Waals surface area contributed by atoms with E-state index in [0.717, 1.165) is 55.5 Å². The van der Waals surface area contributed by atoms with Crippen molar-refractivity contribution in [3.05, 3.63) is 0 Å². The largest absolute Gasteiger partial charge is 0.396 e. The Morgan fingerprint density at radius 2 is 0.938 bits per heavy atom. The molecule has 0 aromatic heterocycles. The summed E-state index contributed by atoms with van der Waals surface area (Å²) < 4.78 is 0. The molecule has 32 heavy (non-hydrogen) atoms. The maximum Gasteiger partial charge on any atom is 0.0822 e. The molecule has 0 amide bonds. The fourth-order valence-electron chi connectivity index (χ4n) is 1.77. The summed E-state index contributed by atoms with van der Waals surface area (Å²) in [7, 11) is 0. The molecule has 0 fully saturated rings. The van der Waals surface area contributed by atoms with Gasteiger partial charge in [0.1, 0.15) is 0 Å². The van der Waals surface area contributed by atoms with Crippen molar-refractivity contribution in [3.8, 4) is 0 Å². The lowest BCUT2D eigenvalue weighted by Gasteiger charge is -2.03. The van der Waals surface area contributed by atoms with E-state index in [1.54, 1.807) is 0 Å². The Morgan fingerprint density at radius 3 is 1.12 bits per heavy atom. The predicted molar refractivity (Wildman–Crippen MR) is 148 cm³/mol. The van der Waals surface area contributed by atoms with E-state index >= 15 is 0 Å². The highest BCUT2D eigenvalue weighted by atomic mass is 17.2. The van der Waals surface area contributed by atoms with Gasteiger partial charge in [0.15, 0.2) is 0 Å². The van der Waals surface area contributed by atoms with Crippen molar-refractivity contribution >= 4 is 0 Å². The second-order valence-corrected chi connectivity index (χ2v) is 10.7. The topological polar surface area (TPSA) is 38.7 Å². The third-order valence-electron chi connectivity index (χ3n) is 3.83. The van der Waals surface area contributed by atoms with Gasteiger partial charge in [-0.05, 0) is 62.2 Å². The van der Waals surface area contributed by atoms with Gasteiger partial charge in [0.05, 0.1) is 13.2 Å². The molecule has 0 saturated heterocycles. The third-order valence-corrected chi connectivity index (χ3v) is 3.83. The van der Waals surface area contributed by atoms with E-state index in [-0.39, 0.29) is 0 Å². The van der Waals surface area contributed by atoms with E-state index in [1.165, 1.54) is 25.7 Å². The van der Waals surface area contributed by atoms with Gasteiger partial charge in [-0.3, -0.25) is 0 Å². The van der Waals surface area contributed by atoms with Crippen LogP contribution in [0.15, 0.2) is 0 Å². The normalized spacial score (nSPS) is 10.1. The summed E-state index contributed by atoms with van der Waals surface area (Å²) in [5.74, 6) is 4.13. The predicted octanol–water partition coefficient (Wildman–Crippen LogP) is 9.96. The minimum Gasteiger partial charge on any atom is -0.396 e. The van der Waals surface area contributed by atoms with Crippen LogP contribution in [0.1, 0.15) is 142 Å². The fraction of sp³-hybridized carbons (Fsp3) is 1.00. The molecule has 0 aliphatic carbocycles. The van der Waals surface area contributed by atoms with Crippen molar-refractivity contribution < 1.29 is 14.9 Å². The molecule has 0 aromatic rings. The highest BCUT2D eigenvalue weighted by Crippen LogP contribution is 2.03. The van der Waals surface area contributed by atoms with Crippen LogP contribution in [0.4, 0.5) is 0 Å². The van der Waals surface area contributed by atoms with Crippen LogP contribution in [0.5, 0.6) is 0 Å². The van der Waals surface area contributed by atoms with E-state index < -0.39 is 0 Å². The van der Waals surface area contributed by atoms with Gasteiger partial charge in [-0.15, -0.1) is 0 Å². The third kappa shape index (κ3) is 98.8. The van der Waals surface area contributed by atoms with Gasteiger partial charge in [0.2, 0.25) is 0 Å². The van der Waals surface area contributed by atoms with Crippen LogP contribution in [0, 0.1) is 29.6 Å². The molecule has 0 bridgehead atoms. The number of aliphatic hydroxyl groups excluding tert-OH is 1. The maximum atomic E-state index is 8.32. The van der Waals surface area contributed by atoms with Crippen molar-refractivity contribution in [2.75, 3.05) is 19.8 Å². The Bertz CT molecular complexity index is 258. The monoisotopic (exact) mass is 465 g/mol. The van der Waals surface area contributed by atoms with Crippen molar-refractivity contribution in [2.45, 2.75) is 142 Å². The molecule has 1 N–H and O–H groups in total. The summed E-state index contributed by atoms with van der Waals surface area (Å²) in [6, 6.07) is 0. The van der Waals surface area contributed by atoms with Crippen molar-refractivity contribution in [1.82, 2.24) is 0 Å². The lowest BCUT2D eigenvalue weighted by molar-refractivity contribution is -0.291. The molecule has 0 aliphatic rings. The molecular weight excluding hydrogens is 396 g/mol. The Labute approximate surface area is 206 Å². The van der Waals surface area contributed by atoms with Crippen molar-refractivity contribution in [3.63, 3.8) is 0 Å². The van der Waals surface area contributed by atoms with Crippen LogP contribution in [-0.2, 0) is 9.78 Å². The molecule has 0 aromatic carbocycles. The van der Waals surface area contributed by atoms with Crippen LogP contribution >= 0.6 is 0 Å². The van der Waals surface area contributed by atoms with Gasteiger partial charge in [0, 0.05) is 6.61 Å². The molecule has 202 valence electrons. The Kier molecular flexibility index (Phi) is 50.2. The minimum absolute atomic E-state index is 0.345. The highest BCUT2D eigenvalue weighted by Gasteiger charge is 1.93. The lowest BCUT2D eigenvalue weighted by atomic mass is 10.1. The molecule has 0 saturated carbocycles. The second kappa shape index (κ2) is 38.2. The summed E-state index contributed by atoms with van der Waals surface area (Å²) in [4.78, 5) is 9.55. The zero-order chi connectivity index (χ0) is 26.4. The minimum atomic E-state index is 0.345. The first-order valence-corrected chi connectivity index (χ1v) is 13.7. The van der Waals surface area contributed by atoms with E-state index in [2.05, 4.69) is 90.0 Å². The van der Waals surface area contributed by atoms with Crippen LogP contribution in [0.2, 0.25) is 0 Å². The molecule has 0 radical (unpaired) electrons. The quantitative estimate of drug-likeness (QED) is 0.177. The van der Waals surface area contributed by atoms with E-state index in [9.17, 15) is 0 Å². The smallest absolute Gasteiger partial charge is 0.0822 e. The van der Waals surface area contributed by atoms with E-state index in [1.807, 2.05) is 6.92 Å². The average Bonchev–Trinajstić information content (AvgIpc) is 2.67. The summed E-state index contributed by atoms with van der Waals surface area (Å²) in [5, 5.41) is 8.32. The van der Waals surface area contributed by atoms with Crippen LogP contribution in [-0.4, -0.2) is 24.9 Å². The molecule has 0 spiro atoms. The summed E-state index contributed by atoms with van der Waals surface area (Å²) in [5.41, 5.74) is 0. The molecule has 3 heteroatoms. The summed E-state index contributed by atoms with van der Waals surface area (Å²) in [6.45, 7) is 32.2. The Morgan fingerprint density at radius 1 is 0.562 bits per heavy atom. The van der Waals surface area contributed by atoms with Gasteiger partial charge in [0.25, 0.3) is 0 Å². The van der Waals surface area contributed by atoms with Gasteiger partial charge in [-0.1, -0.05) is 109 Å². The van der Waals surface area contributed by atoms with Crippen molar-refractivity contribution in [1.29, 1.82) is 0 Å². The van der Waals surface area contributed by atoms with Gasteiger partial charge in [-0.25, -0.2) is 9.78 Å². The highest BCUT2D eigenvalue weighted by molar-refractivity contribution is 4.43. The first kappa shape index (κ1) is 42.1. The molecular formula is C29H68O3. The lowest BCUT2D eigenvalue weighted by Crippen LogP contribution is -1.97. The van der Waals surface area contributed by atoms with Crippen LogP contribution in [0.25, 0.3) is 0 Å². The van der Waals surface area contributed by atoms with Crippen LogP contribution in [0.3, 0.4) is 0 Å². The Hall–Kier alpha value is -0.120. The molecule has 0 atom stereocenters. The van der Waals surface area contributed by atoms with Crippen molar-refractivity contribution in [2.24, 2.45) is 29.6 Å². The Balaban J connectivity index is -0.0000000987. The zero-order valence-electron chi connectivity index (χ0n) is 25.2. The average molecular weight is 465 g/mol. The molecule has 0 aliphatic heterocycles. The zero-order valence-corrected chi connectivity index (χ0v) is 25.2. The summed E-state index contributed by atoms with van der Waals surface area (Å²) in [6.07, 6.45) is 8.43. The number of aliphatic hydroxyl groups is 1. The summed E-state index contributed by atoms with van der Waals surface area (Å²) >= 11 is 0. The van der Waals surface area contributed by atoms with E-state index in [4.69, 9.17) is 14.9 Å². The number of rotatable bonds is 12. The van der Waals surface area contributed by atoms with Gasteiger partial charge >= 0.3 is 0 Å².